The van der Waals surface area contributed by atoms with Crippen molar-refractivity contribution in [1.29, 1.82) is 0 Å². The molecule has 7 heteroatoms. The highest BCUT2D eigenvalue weighted by Gasteiger charge is 2.19. The first-order chi connectivity index (χ1) is 15.0. The molecule has 0 unspecified atom stereocenters. The second-order valence-corrected chi connectivity index (χ2v) is 7.73. The van der Waals surface area contributed by atoms with Crippen LogP contribution >= 0.6 is 11.6 Å². The van der Waals surface area contributed by atoms with Gasteiger partial charge in [-0.3, -0.25) is 9.59 Å². The van der Waals surface area contributed by atoms with E-state index in [0.717, 1.165) is 5.56 Å². The number of hydrogen-bond acceptors (Lipinski definition) is 4. The molecule has 4 aromatic rings. The predicted octanol–water partition coefficient (Wildman–Crippen LogP) is 4.42. The molecule has 0 aliphatic heterocycles. The number of benzene rings is 3. The van der Waals surface area contributed by atoms with Crippen LogP contribution in [0.5, 0.6) is 0 Å². The van der Waals surface area contributed by atoms with E-state index in [0.29, 0.717) is 27.2 Å². The molecule has 0 aliphatic rings. The number of nitrogens with one attached hydrogen (secondary N) is 1. The van der Waals surface area contributed by atoms with Crippen molar-refractivity contribution >= 4 is 39.7 Å². The Hall–Kier alpha value is -3.64. The van der Waals surface area contributed by atoms with Crippen LogP contribution in [0.2, 0.25) is 5.02 Å². The smallest absolute Gasteiger partial charge is 0.276 e. The van der Waals surface area contributed by atoms with Gasteiger partial charge in [0.1, 0.15) is 0 Å². The lowest BCUT2D eigenvalue weighted by molar-refractivity contribution is 0.102. The number of carbonyl (C=O) groups excluding carboxylic acids is 1. The van der Waals surface area contributed by atoms with E-state index in [1.807, 2.05) is 49.3 Å². The fourth-order valence-corrected chi connectivity index (χ4v) is 3.86. The summed E-state index contributed by atoms with van der Waals surface area (Å²) in [5, 5.41) is 8.81. The average molecular weight is 433 g/mol. The minimum absolute atomic E-state index is 0.177. The third-order valence-electron chi connectivity index (χ3n) is 4.94. The molecule has 0 bridgehead atoms. The summed E-state index contributed by atoms with van der Waals surface area (Å²) >= 11 is 6.33. The quantitative estimate of drug-likeness (QED) is 0.507. The standard InChI is InChI=1S/C24H21ClN4O2/c1-28(2)22-19(25)13-8-14-20(22)26-23(30)21-17-11-6-7-12-18(17)24(31)29(27-21)15-16-9-4-3-5-10-16/h3-14H,15H2,1-2H3,(H,26,30). The molecule has 4 rings (SSSR count). The second kappa shape index (κ2) is 8.62. The van der Waals surface area contributed by atoms with Crippen molar-refractivity contribution < 1.29 is 4.79 Å². The molecule has 0 atom stereocenters. The molecule has 156 valence electrons. The first-order valence-electron chi connectivity index (χ1n) is 9.76. The minimum atomic E-state index is -0.414. The summed E-state index contributed by atoms with van der Waals surface area (Å²) in [4.78, 5) is 28.1. The number of anilines is 2. The van der Waals surface area contributed by atoms with Crippen molar-refractivity contribution in [3.05, 3.63) is 99.4 Å². The molecule has 0 fully saturated rings. The van der Waals surface area contributed by atoms with Crippen LogP contribution in [-0.4, -0.2) is 29.8 Å². The van der Waals surface area contributed by atoms with Crippen LogP contribution in [0, 0.1) is 0 Å². The number of nitrogens with zero attached hydrogens (tertiary/aromatic N) is 3. The third kappa shape index (κ3) is 4.15. The van der Waals surface area contributed by atoms with Gasteiger partial charge in [0.15, 0.2) is 5.69 Å². The molecular weight excluding hydrogens is 412 g/mol. The van der Waals surface area contributed by atoms with E-state index in [2.05, 4.69) is 10.4 Å². The fraction of sp³-hybridized carbons (Fsp3) is 0.125. The number of fused-ring (bicyclic) bond motifs is 1. The number of rotatable bonds is 5. The maximum absolute atomic E-state index is 13.3. The number of hydrogen-bond donors (Lipinski definition) is 1. The van der Waals surface area contributed by atoms with Gasteiger partial charge in [-0.1, -0.05) is 66.2 Å². The van der Waals surface area contributed by atoms with E-state index in [-0.39, 0.29) is 17.8 Å². The molecule has 1 amide bonds. The largest absolute Gasteiger partial charge is 0.375 e. The third-order valence-corrected chi connectivity index (χ3v) is 5.25. The van der Waals surface area contributed by atoms with Crippen molar-refractivity contribution in [2.45, 2.75) is 6.54 Å². The molecule has 31 heavy (non-hydrogen) atoms. The number of aromatic nitrogens is 2. The Morgan fingerprint density at radius 1 is 0.968 bits per heavy atom. The lowest BCUT2D eigenvalue weighted by Crippen LogP contribution is -2.28. The van der Waals surface area contributed by atoms with Crippen molar-refractivity contribution in [3.63, 3.8) is 0 Å². The summed E-state index contributed by atoms with van der Waals surface area (Å²) in [5.74, 6) is -0.414. The zero-order valence-electron chi connectivity index (χ0n) is 17.2. The predicted molar refractivity (Wildman–Crippen MR) is 125 cm³/mol. The van der Waals surface area contributed by atoms with E-state index in [4.69, 9.17) is 11.6 Å². The van der Waals surface area contributed by atoms with Crippen molar-refractivity contribution in [1.82, 2.24) is 9.78 Å². The van der Waals surface area contributed by atoms with E-state index in [1.54, 1.807) is 42.5 Å². The Morgan fingerprint density at radius 3 is 2.35 bits per heavy atom. The summed E-state index contributed by atoms with van der Waals surface area (Å²) in [6, 6.07) is 21.9. The highest BCUT2D eigenvalue weighted by molar-refractivity contribution is 6.34. The van der Waals surface area contributed by atoms with Crippen LogP contribution < -0.4 is 15.8 Å². The number of halogens is 1. The SMILES string of the molecule is CN(C)c1c(Cl)cccc1NC(=O)c1nn(Cc2ccccc2)c(=O)c2ccccc12. The number of amides is 1. The Balaban J connectivity index is 1.80. The molecular formula is C24H21ClN4O2. The highest BCUT2D eigenvalue weighted by Crippen LogP contribution is 2.32. The number of carbonyl (C=O) groups is 1. The molecule has 1 aromatic heterocycles. The van der Waals surface area contributed by atoms with Crippen LogP contribution in [0.1, 0.15) is 16.1 Å². The van der Waals surface area contributed by atoms with Gasteiger partial charge in [0, 0.05) is 19.5 Å². The Morgan fingerprint density at radius 2 is 1.65 bits per heavy atom. The van der Waals surface area contributed by atoms with Gasteiger partial charge < -0.3 is 10.2 Å². The van der Waals surface area contributed by atoms with Gasteiger partial charge in [0.05, 0.1) is 28.3 Å². The summed E-state index contributed by atoms with van der Waals surface area (Å²) in [6.07, 6.45) is 0. The first kappa shape index (κ1) is 20.6. The highest BCUT2D eigenvalue weighted by atomic mass is 35.5. The summed E-state index contributed by atoms with van der Waals surface area (Å²) in [6.45, 7) is 0.269. The zero-order chi connectivity index (χ0) is 22.0. The van der Waals surface area contributed by atoms with Crippen molar-refractivity contribution in [3.8, 4) is 0 Å². The molecule has 0 aliphatic carbocycles. The molecule has 1 N–H and O–H groups in total. The minimum Gasteiger partial charge on any atom is -0.375 e. The van der Waals surface area contributed by atoms with Gasteiger partial charge in [-0.05, 0) is 23.8 Å². The fourth-order valence-electron chi connectivity index (χ4n) is 3.52. The van der Waals surface area contributed by atoms with Gasteiger partial charge in [-0.25, -0.2) is 4.68 Å². The van der Waals surface area contributed by atoms with Crippen LogP contribution in [0.15, 0.2) is 77.6 Å². The van der Waals surface area contributed by atoms with Gasteiger partial charge in [-0.2, -0.15) is 5.10 Å². The molecule has 0 radical (unpaired) electrons. The second-order valence-electron chi connectivity index (χ2n) is 7.33. The van der Waals surface area contributed by atoms with Crippen molar-refractivity contribution in [2.24, 2.45) is 0 Å². The van der Waals surface area contributed by atoms with Crippen LogP contribution in [0.3, 0.4) is 0 Å². The summed E-state index contributed by atoms with van der Waals surface area (Å²) < 4.78 is 1.33. The zero-order valence-corrected chi connectivity index (χ0v) is 17.9. The van der Waals surface area contributed by atoms with Crippen LogP contribution in [0.4, 0.5) is 11.4 Å². The maximum atomic E-state index is 13.3. The summed E-state index contributed by atoms with van der Waals surface area (Å²) in [7, 11) is 3.70. The Kier molecular flexibility index (Phi) is 5.73. The Labute approximate surface area is 184 Å². The molecule has 6 nitrogen and oxygen atoms in total. The van der Waals surface area contributed by atoms with E-state index < -0.39 is 5.91 Å². The lowest BCUT2D eigenvalue weighted by Gasteiger charge is -2.19. The maximum Gasteiger partial charge on any atom is 0.276 e. The Bertz CT molecular complexity index is 1320. The first-order valence-corrected chi connectivity index (χ1v) is 10.1. The van der Waals surface area contributed by atoms with Crippen LogP contribution in [-0.2, 0) is 6.54 Å². The molecule has 3 aromatic carbocycles. The topological polar surface area (TPSA) is 67.2 Å². The molecule has 0 saturated heterocycles. The van der Waals surface area contributed by atoms with Gasteiger partial charge >= 0.3 is 0 Å². The van der Waals surface area contributed by atoms with Gasteiger partial charge in [0.2, 0.25) is 0 Å². The molecule has 1 heterocycles. The molecule has 0 saturated carbocycles. The lowest BCUT2D eigenvalue weighted by atomic mass is 10.1. The summed E-state index contributed by atoms with van der Waals surface area (Å²) in [5.41, 5.74) is 2.11. The van der Waals surface area contributed by atoms with E-state index in [1.165, 1.54) is 4.68 Å². The van der Waals surface area contributed by atoms with Gasteiger partial charge in [-0.15, -0.1) is 0 Å². The normalized spacial score (nSPS) is 10.8. The van der Waals surface area contributed by atoms with E-state index in [9.17, 15) is 9.59 Å². The van der Waals surface area contributed by atoms with Crippen molar-refractivity contribution in [2.75, 3.05) is 24.3 Å². The number of para-hydroxylation sites is 1. The molecule has 0 spiro atoms. The van der Waals surface area contributed by atoms with E-state index >= 15 is 0 Å². The van der Waals surface area contributed by atoms with Gasteiger partial charge in [0.25, 0.3) is 11.5 Å². The average Bonchev–Trinajstić information content (AvgIpc) is 2.76. The van der Waals surface area contributed by atoms with Crippen LogP contribution in [0.25, 0.3) is 10.8 Å². The monoisotopic (exact) mass is 432 g/mol.